The summed E-state index contributed by atoms with van der Waals surface area (Å²) in [6, 6.07) is 1.34. The minimum atomic E-state index is 0.432. The fourth-order valence-electron chi connectivity index (χ4n) is 3.84. The standard InChI is InChI=1S/C14H28N2O/c1-3-11-5-4-6-14(11)16-8-7-13(17-2)9-12(16)10-15/h11-14H,3-10,15H2,1-2H3. The van der Waals surface area contributed by atoms with Crippen molar-refractivity contribution < 1.29 is 4.74 Å². The number of piperidine rings is 1. The average molecular weight is 240 g/mol. The van der Waals surface area contributed by atoms with Gasteiger partial charge in [-0.3, -0.25) is 4.90 Å². The van der Waals surface area contributed by atoms with Gasteiger partial charge in [-0.25, -0.2) is 0 Å². The normalized spacial score (nSPS) is 39.7. The van der Waals surface area contributed by atoms with E-state index in [2.05, 4.69) is 11.8 Å². The van der Waals surface area contributed by atoms with E-state index in [9.17, 15) is 0 Å². The lowest BCUT2D eigenvalue weighted by molar-refractivity contribution is -0.0115. The molecule has 0 radical (unpaired) electrons. The van der Waals surface area contributed by atoms with Crippen LogP contribution in [0.5, 0.6) is 0 Å². The van der Waals surface area contributed by atoms with Crippen LogP contribution in [0.15, 0.2) is 0 Å². The minimum absolute atomic E-state index is 0.432. The van der Waals surface area contributed by atoms with Crippen LogP contribution in [0.1, 0.15) is 45.4 Å². The first-order chi connectivity index (χ1) is 8.30. The first kappa shape index (κ1) is 13.3. The lowest BCUT2D eigenvalue weighted by Crippen LogP contribution is -2.53. The number of methoxy groups -OCH3 is 1. The van der Waals surface area contributed by atoms with E-state index in [0.29, 0.717) is 12.1 Å². The van der Waals surface area contributed by atoms with Gasteiger partial charge in [-0.2, -0.15) is 0 Å². The van der Waals surface area contributed by atoms with E-state index in [1.807, 2.05) is 7.11 Å². The van der Waals surface area contributed by atoms with Gasteiger partial charge in [0.25, 0.3) is 0 Å². The predicted octanol–water partition coefficient (Wildman–Crippen LogP) is 2.00. The van der Waals surface area contributed by atoms with Crippen molar-refractivity contribution in [3.8, 4) is 0 Å². The van der Waals surface area contributed by atoms with Crippen LogP contribution in [0.3, 0.4) is 0 Å². The second-order valence-electron chi connectivity index (χ2n) is 5.68. The second kappa shape index (κ2) is 6.17. The number of hydrogen-bond acceptors (Lipinski definition) is 3. The summed E-state index contributed by atoms with van der Waals surface area (Å²) in [5, 5.41) is 0. The fraction of sp³-hybridized carbons (Fsp3) is 1.00. The number of likely N-dealkylation sites (tertiary alicyclic amines) is 1. The van der Waals surface area contributed by atoms with Crippen molar-refractivity contribution >= 4 is 0 Å². The Morgan fingerprint density at radius 1 is 1.29 bits per heavy atom. The summed E-state index contributed by atoms with van der Waals surface area (Å²) in [4.78, 5) is 2.71. The van der Waals surface area contributed by atoms with Gasteiger partial charge in [0.05, 0.1) is 6.10 Å². The summed E-state index contributed by atoms with van der Waals surface area (Å²) in [5.74, 6) is 0.906. The molecule has 0 spiro atoms. The molecule has 0 bridgehead atoms. The van der Waals surface area contributed by atoms with Crippen LogP contribution in [0.4, 0.5) is 0 Å². The number of nitrogens with two attached hydrogens (primary N) is 1. The molecule has 4 atom stereocenters. The summed E-state index contributed by atoms with van der Waals surface area (Å²) in [7, 11) is 1.83. The Labute approximate surface area is 106 Å². The van der Waals surface area contributed by atoms with Crippen molar-refractivity contribution in [3.05, 3.63) is 0 Å². The van der Waals surface area contributed by atoms with Crippen LogP contribution in [0.25, 0.3) is 0 Å². The summed E-state index contributed by atoms with van der Waals surface area (Å²) < 4.78 is 5.51. The molecule has 1 heterocycles. The van der Waals surface area contributed by atoms with Gasteiger partial charge in [-0.05, 0) is 31.6 Å². The second-order valence-corrected chi connectivity index (χ2v) is 5.68. The number of rotatable bonds is 4. The molecule has 3 nitrogen and oxygen atoms in total. The smallest absolute Gasteiger partial charge is 0.0599 e. The molecule has 0 amide bonds. The molecule has 4 unspecified atom stereocenters. The third kappa shape index (κ3) is 2.83. The number of ether oxygens (including phenoxy) is 1. The third-order valence-corrected chi connectivity index (χ3v) is 4.89. The minimum Gasteiger partial charge on any atom is -0.381 e. The molecule has 1 aliphatic carbocycles. The highest BCUT2D eigenvalue weighted by Gasteiger charge is 2.37. The summed E-state index contributed by atoms with van der Waals surface area (Å²) >= 11 is 0. The average Bonchev–Trinajstić information content (AvgIpc) is 2.85. The zero-order valence-corrected chi connectivity index (χ0v) is 11.4. The van der Waals surface area contributed by atoms with E-state index < -0.39 is 0 Å². The molecule has 2 N–H and O–H groups in total. The first-order valence-corrected chi connectivity index (χ1v) is 7.28. The maximum absolute atomic E-state index is 5.97. The van der Waals surface area contributed by atoms with Crippen molar-refractivity contribution in [1.29, 1.82) is 0 Å². The van der Waals surface area contributed by atoms with E-state index >= 15 is 0 Å². The monoisotopic (exact) mass is 240 g/mol. The van der Waals surface area contributed by atoms with Crippen LogP contribution in [-0.4, -0.2) is 43.3 Å². The maximum Gasteiger partial charge on any atom is 0.0599 e. The molecule has 2 fully saturated rings. The van der Waals surface area contributed by atoms with E-state index in [0.717, 1.165) is 24.9 Å². The first-order valence-electron chi connectivity index (χ1n) is 7.28. The van der Waals surface area contributed by atoms with Crippen LogP contribution >= 0.6 is 0 Å². The Morgan fingerprint density at radius 2 is 2.12 bits per heavy atom. The van der Waals surface area contributed by atoms with Gasteiger partial charge >= 0.3 is 0 Å². The number of nitrogens with zero attached hydrogens (tertiary/aromatic N) is 1. The molecular weight excluding hydrogens is 212 g/mol. The quantitative estimate of drug-likeness (QED) is 0.817. The largest absolute Gasteiger partial charge is 0.381 e. The Balaban J connectivity index is 1.99. The van der Waals surface area contributed by atoms with Crippen molar-refractivity contribution in [2.24, 2.45) is 11.7 Å². The van der Waals surface area contributed by atoms with E-state index in [4.69, 9.17) is 10.5 Å². The Kier molecular flexibility index (Phi) is 4.83. The van der Waals surface area contributed by atoms with Gasteiger partial charge in [0, 0.05) is 32.3 Å². The molecule has 1 aliphatic heterocycles. The van der Waals surface area contributed by atoms with Gasteiger partial charge in [-0.1, -0.05) is 19.8 Å². The zero-order valence-electron chi connectivity index (χ0n) is 11.4. The molecule has 1 saturated heterocycles. The molecular formula is C14H28N2O. The van der Waals surface area contributed by atoms with Crippen molar-refractivity contribution in [3.63, 3.8) is 0 Å². The van der Waals surface area contributed by atoms with Crippen molar-refractivity contribution in [2.45, 2.75) is 63.6 Å². The van der Waals surface area contributed by atoms with Crippen LogP contribution < -0.4 is 5.73 Å². The topological polar surface area (TPSA) is 38.5 Å². The van der Waals surface area contributed by atoms with Gasteiger partial charge in [0.1, 0.15) is 0 Å². The third-order valence-electron chi connectivity index (χ3n) is 4.89. The molecule has 0 aromatic rings. The highest BCUT2D eigenvalue weighted by atomic mass is 16.5. The highest BCUT2D eigenvalue weighted by Crippen LogP contribution is 2.35. The van der Waals surface area contributed by atoms with Crippen LogP contribution in [0, 0.1) is 5.92 Å². The highest BCUT2D eigenvalue weighted by molar-refractivity contribution is 4.92. The van der Waals surface area contributed by atoms with Crippen molar-refractivity contribution in [1.82, 2.24) is 4.90 Å². The van der Waals surface area contributed by atoms with Gasteiger partial charge < -0.3 is 10.5 Å². The predicted molar refractivity (Wildman–Crippen MR) is 71.0 cm³/mol. The molecule has 100 valence electrons. The molecule has 2 aliphatic rings. The zero-order chi connectivity index (χ0) is 12.3. The molecule has 1 saturated carbocycles. The number of hydrogen-bond donors (Lipinski definition) is 1. The lowest BCUT2D eigenvalue weighted by atomic mass is 9.92. The van der Waals surface area contributed by atoms with E-state index in [-0.39, 0.29) is 0 Å². The molecule has 2 rings (SSSR count). The summed E-state index contributed by atoms with van der Waals surface area (Å²) in [6.07, 6.45) is 8.27. The van der Waals surface area contributed by atoms with Crippen LogP contribution in [-0.2, 0) is 4.74 Å². The Morgan fingerprint density at radius 3 is 2.76 bits per heavy atom. The summed E-state index contributed by atoms with van der Waals surface area (Å²) in [6.45, 7) is 4.30. The van der Waals surface area contributed by atoms with Gasteiger partial charge in [0.15, 0.2) is 0 Å². The molecule has 17 heavy (non-hydrogen) atoms. The van der Waals surface area contributed by atoms with Gasteiger partial charge in [-0.15, -0.1) is 0 Å². The Hall–Kier alpha value is -0.120. The van der Waals surface area contributed by atoms with Crippen molar-refractivity contribution in [2.75, 3.05) is 20.2 Å². The SMILES string of the molecule is CCC1CCCC1N1CCC(OC)CC1CN. The maximum atomic E-state index is 5.97. The van der Waals surface area contributed by atoms with Gasteiger partial charge in [0.2, 0.25) is 0 Å². The lowest BCUT2D eigenvalue weighted by Gasteiger charge is -2.44. The fourth-order valence-corrected chi connectivity index (χ4v) is 3.84. The molecule has 3 heteroatoms. The summed E-state index contributed by atoms with van der Waals surface area (Å²) in [5.41, 5.74) is 5.97. The Bertz CT molecular complexity index is 234. The van der Waals surface area contributed by atoms with E-state index in [1.165, 1.54) is 38.6 Å². The van der Waals surface area contributed by atoms with E-state index in [1.54, 1.807) is 0 Å². The van der Waals surface area contributed by atoms with Crippen LogP contribution in [0.2, 0.25) is 0 Å². The molecule has 0 aromatic carbocycles. The molecule has 0 aromatic heterocycles.